The number of nitrogens with zero attached hydrogens (tertiary/aromatic N) is 2. The van der Waals surface area contributed by atoms with Crippen LogP contribution in [0.25, 0.3) is 0 Å². The summed E-state index contributed by atoms with van der Waals surface area (Å²) in [5.41, 5.74) is 1.54. The van der Waals surface area contributed by atoms with Crippen LogP contribution in [0.1, 0.15) is 15.9 Å². The standard InChI is InChI=1S/C13H14IN3O2/c1-9-7-16-17(8-9)5-4-15-13(19)10-2-3-11(14)12(18)6-10/h2-3,6-8,18H,4-5H2,1H3,(H,15,19). The molecule has 1 aromatic carbocycles. The van der Waals surface area contributed by atoms with Crippen molar-refractivity contribution in [2.24, 2.45) is 0 Å². The molecule has 0 atom stereocenters. The van der Waals surface area contributed by atoms with E-state index in [1.165, 1.54) is 6.07 Å². The van der Waals surface area contributed by atoms with Crippen LogP contribution in [0.15, 0.2) is 30.6 Å². The van der Waals surface area contributed by atoms with Gasteiger partial charge in [-0.1, -0.05) is 0 Å². The largest absolute Gasteiger partial charge is 0.507 e. The van der Waals surface area contributed by atoms with Crippen LogP contribution >= 0.6 is 22.6 Å². The van der Waals surface area contributed by atoms with Crippen LogP contribution in [0.5, 0.6) is 5.75 Å². The number of benzene rings is 1. The van der Waals surface area contributed by atoms with Gasteiger partial charge in [-0.25, -0.2) is 0 Å². The summed E-state index contributed by atoms with van der Waals surface area (Å²) in [5, 5.41) is 16.5. The Labute approximate surface area is 124 Å². The first-order chi connectivity index (χ1) is 9.06. The Morgan fingerprint density at radius 2 is 2.32 bits per heavy atom. The molecule has 1 heterocycles. The van der Waals surface area contributed by atoms with Crippen molar-refractivity contribution in [1.29, 1.82) is 0 Å². The van der Waals surface area contributed by atoms with Gasteiger partial charge in [0.2, 0.25) is 0 Å². The van der Waals surface area contributed by atoms with E-state index in [4.69, 9.17) is 0 Å². The number of phenolic OH excluding ortho intramolecular Hbond substituents is 1. The number of nitrogens with one attached hydrogen (secondary N) is 1. The van der Waals surface area contributed by atoms with Gasteiger partial charge in [-0.3, -0.25) is 9.48 Å². The predicted molar refractivity (Wildman–Crippen MR) is 80.1 cm³/mol. The lowest BCUT2D eigenvalue weighted by Gasteiger charge is -2.06. The molecule has 0 aliphatic carbocycles. The minimum atomic E-state index is -0.199. The maximum Gasteiger partial charge on any atom is 0.251 e. The summed E-state index contributed by atoms with van der Waals surface area (Å²) in [5.74, 6) is -0.0773. The predicted octanol–water partition coefficient (Wildman–Crippen LogP) is 1.93. The number of carbonyl (C=O) groups is 1. The molecule has 0 saturated carbocycles. The Hall–Kier alpha value is -1.57. The second kappa shape index (κ2) is 6.05. The molecule has 1 amide bonds. The molecule has 19 heavy (non-hydrogen) atoms. The van der Waals surface area contributed by atoms with Crippen molar-refractivity contribution < 1.29 is 9.90 Å². The molecule has 100 valence electrons. The van der Waals surface area contributed by atoms with Gasteiger partial charge >= 0.3 is 0 Å². The van der Waals surface area contributed by atoms with E-state index in [-0.39, 0.29) is 11.7 Å². The van der Waals surface area contributed by atoms with Crippen LogP contribution in [0.2, 0.25) is 0 Å². The van der Waals surface area contributed by atoms with E-state index in [0.717, 1.165) is 9.13 Å². The first-order valence-electron chi connectivity index (χ1n) is 5.82. The molecule has 0 aliphatic heterocycles. The first kappa shape index (κ1) is 13.9. The van der Waals surface area contributed by atoms with Crippen LogP contribution in [0.4, 0.5) is 0 Å². The third-order valence-corrected chi connectivity index (χ3v) is 3.51. The molecule has 2 aromatic rings. The van der Waals surface area contributed by atoms with Gasteiger partial charge in [0.25, 0.3) is 5.91 Å². The third kappa shape index (κ3) is 3.69. The Morgan fingerprint density at radius 3 is 2.95 bits per heavy atom. The average molecular weight is 371 g/mol. The number of halogens is 1. The van der Waals surface area contributed by atoms with Gasteiger partial charge in [0.05, 0.1) is 16.3 Å². The molecule has 1 aromatic heterocycles. The van der Waals surface area contributed by atoms with Crippen molar-refractivity contribution >= 4 is 28.5 Å². The third-order valence-electron chi connectivity index (χ3n) is 2.60. The van der Waals surface area contributed by atoms with Gasteiger partial charge in [0.1, 0.15) is 5.75 Å². The number of hydrogen-bond acceptors (Lipinski definition) is 3. The minimum absolute atomic E-state index is 0.121. The van der Waals surface area contributed by atoms with Crippen molar-refractivity contribution in [3.8, 4) is 5.75 Å². The Bertz CT molecular complexity index is 595. The normalized spacial score (nSPS) is 10.4. The number of carbonyl (C=O) groups excluding carboxylic acids is 1. The summed E-state index contributed by atoms with van der Waals surface area (Å²) in [6, 6.07) is 4.87. The molecule has 6 heteroatoms. The number of aromatic hydroxyl groups is 1. The zero-order valence-electron chi connectivity index (χ0n) is 10.4. The molecule has 0 unspecified atom stereocenters. The number of phenols is 1. The fourth-order valence-corrected chi connectivity index (χ4v) is 1.96. The maximum absolute atomic E-state index is 11.8. The van der Waals surface area contributed by atoms with Crippen molar-refractivity contribution in [1.82, 2.24) is 15.1 Å². The zero-order chi connectivity index (χ0) is 13.8. The molecule has 0 aliphatic rings. The van der Waals surface area contributed by atoms with Crippen LogP contribution in [-0.4, -0.2) is 27.3 Å². The summed E-state index contributed by atoms with van der Waals surface area (Å²) < 4.78 is 2.50. The monoisotopic (exact) mass is 371 g/mol. The fraction of sp³-hybridized carbons (Fsp3) is 0.231. The molecule has 2 rings (SSSR count). The lowest BCUT2D eigenvalue weighted by molar-refractivity contribution is 0.0951. The Kier molecular flexibility index (Phi) is 4.41. The molecule has 5 nitrogen and oxygen atoms in total. The van der Waals surface area contributed by atoms with Gasteiger partial charge in [-0.15, -0.1) is 0 Å². The number of rotatable bonds is 4. The van der Waals surface area contributed by atoms with Gasteiger partial charge < -0.3 is 10.4 Å². The van der Waals surface area contributed by atoms with Gasteiger partial charge in [-0.2, -0.15) is 5.10 Å². The summed E-state index contributed by atoms with van der Waals surface area (Å²) in [6.07, 6.45) is 3.70. The summed E-state index contributed by atoms with van der Waals surface area (Å²) >= 11 is 2.01. The highest BCUT2D eigenvalue weighted by molar-refractivity contribution is 14.1. The summed E-state index contributed by atoms with van der Waals surface area (Å²) in [4.78, 5) is 11.8. The van der Waals surface area contributed by atoms with Crippen LogP contribution in [-0.2, 0) is 6.54 Å². The minimum Gasteiger partial charge on any atom is -0.507 e. The summed E-state index contributed by atoms with van der Waals surface area (Å²) in [7, 11) is 0. The number of amides is 1. The fourth-order valence-electron chi connectivity index (χ4n) is 1.63. The molecular weight excluding hydrogens is 357 g/mol. The lowest BCUT2D eigenvalue weighted by atomic mass is 10.2. The number of hydrogen-bond donors (Lipinski definition) is 2. The van der Waals surface area contributed by atoms with Gasteiger partial charge in [-0.05, 0) is 53.3 Å². The smallest absolute Gasteiger partial charge is 0.251 e. The molecule has 0 spiro atoms. The van der Waals surface area contributed by atoms with E-state index in [1.54, 1.807) is 23.0 Å². The van der Waals surface area contributed by atoms with E-state index in [1.807, 2.05) is 35.7 Å². The van der Waals surface area contributed by atoms with Crippen molar-refractivity contribution in [3.63, 3.8) is 0 Å². The van der Waals surface area contributed by atoms with Crippen LogP contribution < -0.4 is 5.32 Å². The van der Waals surface area contributed by atoms with Crippen molar-refractivity contribution in [2.45, 2.75) is 13.5 Å². The number of aromatic nitrogens is 2. The van der Waals surface area contributed by atoms with E-state index in [9.17, 15) is 9.90 Å². The second-order valence-corrected chi connectivity index (χ2v) is 5.37. The van der Waals surface area contributed by atoms with Gasteiger partial charge in [0.15, 0.2) is 0 Å². The van der Waals surface area contributed by atoms with Crippen molar-refractivity contribution in [3.05, 3.63) is 45.3 Å². The average Bonchev–Trinajstić information content (AvgIpc) is 2.78. The summed E-state index contributed by atoms with van der Waals surface area (Å²) in [6.45, 7) is 3.08. The van der Waals surface area contributed by atoms with Crippen LogP contribution in [0.3, 0.4) is 0 Å². The van der Waals surface area contributed by atoms with Crippen molar-refractivity contribution in [2.75, 3.05) is 6.54 Å². The molecule has 0 bridgehead atoms. The highest BCUT2D eigenvalue weighted by Crippen LogP contribution is 2.20. The lowest BCUT2D eigenvalue weighted by Crippen LogP contribution is -2.27. The van der Waals surface area contributed by atoms with E-state index in [0.29, 0.717) is 18.7 Å². The second-order valence-electron chi connectivity index (χ2n) is 4.20. The van der Waals surface area contributed by atoms with Gasteiger partial charge in [0, 0.05) is 18.3 Å². The molecule has 0 saturated heterocycles. The SMILES string of the molecule is Cc1cnn(CCNC(=O)c2ccc(I)c(O)c2)c1. The van der Waals surface area contributed by atoms with E-state index >= 15 is 0 Å². The topological polar surface area (TPSA) is 67.2 Å². The molecular formula is C13H14IN3O2. The highest BCUT2D eigenvalue weighted by atomic mass is 127. The highest BCUT2D eigenvalue weighted by Gasteiger charge is 2.07. The van der Waals surface area contributed by atoms with Crippen LogP contribution in [0, 0.1) is 10.5 Å². The maximum atomic E-state index is 11.8. The molecule has 0 fully saturated rings. The quantitative estimate of drug-likeness (QED) is 0.808. The zero-order valence-corrected chi connectivity index (χ0v) is 12.6. The molecule has 2 N–H and O–H groups in total. The Morgan fingerprint density at radius 1 is 1.53 bits per heavy atom. The Balaban J connectivity index is 1.89. The molecule has 0 radical (unpaired) electrons. The van der Waals surface area contributed by atoms with E-state index < -0.39 is 0 Å². The first-order valence-corrected chi connectivity index (χ1v) is 6.90. The number of aryl methyl sites for hydroxylation is 1. The van der Waals surface area contributed by atoms with E-state index in [2.05, 4.69) is 10.4 Å².